The first-order valence-corrected chi connectivity index (χ1v) is 7.52. The standard InChI is InChI=1S/C13H12Cl2N2S/c14-9-4-3-8(6-10(9)15)13-17-12(7-18-13)11-2-1-5-16-11/h3-4,6-7,11,16H,1-2,5H2. The van der Waals surface area contributed by atoms with Crippen LogP contribution in [-0.2, 0) is 0 Å². The van der Waals surface area contributed by atoms with Crippen LogP contribution in [0, 0.1) is 0 Å². The lowest BCUT2D eigenvalue weighted by molar-refractivity contribution is 0.632. The van der Waals surface area contributed by atoms with E-state index in [0.29, 0.717) is 16.1 Å². The Morgan fingerprint density at radius 3 is 2.89 bits per heavy atom. The van der Waals surface area contributed by atoms with Gasteiger partial charge in [-0.15, -0.1) is 11.3 Å². The first-order valence-electron chi connectivity index (χ1n) is 5.88. The SMILES string of the molecule is Clc1ccc(-c2nc(C3CCCN3)cs2)cc1Cl. The average Bonchev–Trinajstić information content (AvgIpc) is 3.01. The highest BCUT2D eigenvalue weighted by Crippen LogP contribution is 2.32. The molecule has 1 aliphatic heterocycles. The zero-order chi connectivity index (χ0) is 12.5. The summed E-state index contributed by atoms with van der Waals surface area (Å²) in [6.45, 7) is 1.09. The molecular weight excluding hydrogens is 287 g/mol. The maximum absolute atomic E-state index is 6.03. The molecule has 1 aromatic heterocycles. The number of nitrogens with zero attached hydrogens (tertiary/aromatic N) is 1. The largest absolute Gasteiger partial charge is 0.309 e. The minimum absolute atomic E-state index is 0.415. The number of benzene rings is 1. The molecule has 1 aromatic carbocycles. The molecule has 2 nitrogen and oxygen atoms in total. The molecule has 0 radical (unpaired) electrons. The van der Waals surface area contributed by atoms with E-state index in [1.165, 1.54) is 12.8 Å². The predicted molar refractivity (Wildman–Crippen MR) is 77.5 cm³/mol. The van der Waals surface area contributed by atoms with Gasteiger partial charge in [0, 0.05) is 10.9 Å². The van der Waals surface area contributed by atoms with Crippen LogP contribution in [0.4, 0.5) is 0 Å². The van der Waals surface area contributed by atoms with Gasteiger partial charge in [0.15, 0.2) is 0 Å². The van der Waals surface area contributed by atoms with Crippen LogP contribution < -0.4 is 5.32 Å². The van der Waals surface area contributed by atoms with Crippen molar-refractivity contribution in [3.05, 3.63) is 39.3 Å². The van der Waals surface area contributed by atoms with E-state index in [0.717, 1.165) is 22.8 Å². The van der Waals surface area contributed by atoms with Crippen LogP contribution in [0.1, 0.15) is 24.6 Å². The molecule has 2 aromatic rings. The van der Waals surface area contributed by atoms with Crippen LogP contribution in [0.25, 0.3) is 10.6 Å². The van der Waals surface area contributed by atoms with E-state index in [1.54, 1.807) is 11.3 Å². The summed E-state index contributed by atoms with van der Waals surface area (Å²) in [5, 5.41) is 7.73. The van der Waals surface area contributed by atoms with Crippen molar-refractivity contribution in [2.24, 2.45) is 0 Å². The van der Waals surface area contributed by atoms with Crippen LogP contribution in [0.5, 0.6) is 0 Å². The van der Waals surface area contributed by atoms with Crippen LogP contribution in [-0.4, -0.2) is 11.5 Å². The number of nitrogens with one attached hydrogen (secondary N) is 1. The molecule has 94 valence electrons. The minimum Gasteiger partial charge on any atom is -0.309 e. The molecule has 5 heteroatoms. The van der Waals surface area contributed by atoms with Crippen LogP contribution in [0.2, 0.25) is 10.0 Å². The number of hydrogen-bond donors (Lipinski definition) is 1. The van der Waals surface area contributed by atoms with E-state index in [4.69, 9.17) is 23.2 Å². The normalized spacial score (nSPS) is 19.3. The smallest absolute Gasteiger partial charge is 0.123 e. The third-order valence-corrected chi connectivity index (χ3v) is 4.75. The van der Waals surface area contributed by atoms with E-state index < -0.39 is 0 Å². The summed E-state index contributed by atoms with van der Waals surface area (Å²) in [4.78, 5) is 4.69. The third kappa shape index (κ3) is 2.41. The van der Waals surface area contributed by atoms with Crippen molar-refractivity contribution in [2.45, 2.75) is 18.9 Å². The highest BCUT2D eigenvalue weighted by molar-refractivity contribution is 7.13. The number of aromatic nitrogens is 1. The summed E-state index contributed by atoms with van der Waals surface area (Å²) in [6, 6.07) is 6.06. The lowest BCUT2D eigenvalue weighted by atomic mass is 10.2. The summed E-state index contributed by atoms with van der Waals surface area (Å²) in [5.74, 6) is 0. The maximum atomic E-state index is 6.03. The van der Waals surface area contributed by atoms with E-state index >= 15 is 0 Å². The highest BCUT2D eigenvalue weighted by Gasteiger charge is 2.19. The molecule has 1 fully saturated rings. The number of halogens is 2. The quantitative estimate of drug-likeness (QED) is 0.880. The zero-order valence-electron chi connectivity index (χ0n) is 9.62. The third-order valence-electron chi connectivity index (χ3n) is 3.11. The molecule has 0 spiro atoms. The fourth-order valence-corrected chi connectivity index (χ4v) is 3.31. The van der Waals surface area contributed by atoms with Gasteiger partial charge in [-0.3, -0.25) is 0 Å². The molecule has 3 rings (SSSR count). The Kier molecular flexibility index (Phi) is 3.57. The van der Waals surface area contributed by atoms with Gasteiger partial charge in [0.1, 0.15) is 5.01 Å². The van der Waals surface area contributed by atoms with Crippen LogP contribution in [0.3, 0.4) is 0 Å². The van der Waals surface area contributed by atoms with Crippen LogP contribution >= 0.6 is 34.5 Å². The number of hydrogen-bond acceptors (Lipinski definition) is 3. The number of rotatable bonds is 2. The molecule has 1 saturated heterocycles. The molecule has 2 heterocycles. The average molecular weight is 299 g/mol. The number of thiazole rings is 1. The van der Waals surface area contributed by atoms with E-state index in [9.17, 15) is 0 Å². The second kappa shape index (κ2) is 5.17. The van der Waals surface area contributed by atoms with Gasteiger partial charge < -0.3 is 5.32 Å². The van der Waals surface area contributed by atoms with Gasteiger partial charge in [-0.1, -0.05) is 29.3 Å². The van der Waals surface area contributed by atoms with Crippen molar-refractivity contribution >= 4 is 34.5 Å². The van der Waals surface area contributed by atoms with Crippen molar-refractivity contribution in [2.75, 3.05) is 6.54 Å². The Morgan fingerprint density at radius 1 is 1.28 bits per heavy atom. The highest BCUT2D eigenvalue weighted by atomic mass is 35.5. The van der Waals surface area contributed by atoms with Gasteiger partial charge in [-0.25, -0.2) is 4.98 Å². The Bertz CT molecular complexity index is 562. The summed E-state index contributed by atoms with van der Waals surface area (Å²) >= 11 is 13.6. The summed E-state index contributed by atoms with van der Waals surface area (Å²) in [5.41, 5.74) is 2.16. The van der Waals surface area contributed by atoms with Crippen molar-refractivity contribution in [1.29, 1.82) is 0 Å². The molecule has 1 atom stereocenters. The fraction of sp³-hybridized carbons (Fsp3) is 0.308. The molecule has 1 aliphatic rings. The first-order chi connectivity index (χ1) is 8.74. The van der Waals surface area contributed by atoms with Gasteiger partial charge in [0.05, 0.1) is 21.8 Å². The van der Waals surface area contributed by atoms with Gasteiger partial charge >= 0.3 is 0 Å². The van der Waals surface area contributed by atoms with Crippen molar-refractivity contribution in [3.8, 4) is 10.6 Å². The summed E-state index contributed by atoms with van der Waals surface area (Å²) in [6.07, 6.45) is 2.40. The lowest BCUT2D eigenvalue weighted by Crippen LogP contribution is -2.12. The Hall–Kier alpha value is -0.610. The Morgan fingerprint density at radius 2 is 2.17 bits per heavy atom. The Labute approximate surface area is 120 Å². The molecule has 0 bridgehead atoms. The van der Waals surface area contributed by atoms with Gasteiger partial charge in [-0.2, -0.15) is 0 Å². The van der Waals surface area contributed by atoms with E-state index in [2.05, 4.69) is 15.7 Å². The predicted octanol–water partition coefficient (Wildman–Crippen LogP) is 4.54. The molecule has 1 unspecified atom stereocenters. The summed E-state index contributed by atoms with van der Waals surface area (Å²) in [7, 11) is 0. The van der Waals surface area contributed by atoms with Crippen molar-refractivity contribution in [3.63, 3.8) is 0 Å². The Balaban J connectivity index is 1.89. The first kappa shape index (κ1) is 12.4. The molecule has 0 amide bonds. The second-order valence-electron chi connectivity index (χ2n) is 4.36. The molecule has 0 aliphatic carbocycles. The fourth-order valence-electron chi connectivity index (χ4n) is 2.14. The monoisotopic (exact) mass is 298 g/mol. The van der Waals surface area contributed by atoms with Crippen molar-refractivity contribution in [1.82, 2.24) is 10.3 Å². The lowest BCUT2D eigenvalue weighted by Gasteiger charge is -2.05. The minimum atomic E-state index is 0.415. The zero-order valence-corrected chi connectivity index (χ0v) is 11.9. The van der Waals surface area contributed by atoms with Crippen molar-refractivity contribution < 1.29 is 0 Å². The van der Waals surface area contributed by atoms with E-state index in [-0.39, 0.29) is 0 Å². The van der Waals surface area contributed by atoms with Gasteiger partial charge in [0.2, 0.25) is 0 Å². The molecule has 0 saturated carbocycles. The molecule has 1 N–H and O–H groups in total. The summed E-state index contributed by atoms with van der Waals surface area (Å²) < 4.78 is 0. The van der Waals surface area contributed by atoms with Gasteiger partial charge in [0.25, 0.3) is 0 Å². The topological polar surface area (TPSA) is 24.9 Å². The van der Waals surface area contributed by atoms with Gasteiger partial charge in [-0.05, 0) is 31.5 Å². The maximum Gasteiger partial charge on any atom is 0.123 e. The second-order valence-corrected chi connectivity index (χ2v) is 6.03. The molecular formula is C13H12Cl2N2S. The van der Waals surface area contributed by atoms with E-state index in [1.807, 2.05) is 18.2 Å². The van der Waals surface area contributed by atoms with Crippen LogP contribution in [0.15, 0.2) is 23.6 Å². The molecule has 18 heavy (non-hydrogen) atoms.